The molecule has 1 fully saturated rings. The average Bonchev–Trinajstić information content (AvgIpc) is 2.95. The highest BCUT2D eigenvalue weighted by atomic mass is 16.5. The van der Waals surface area contributed by atoms with Crippen LogP contribution in [0.2, 0.25) is 0 Å². The number of aryl methyl sites for hydroxylation is 2. The fourth-order valence-electron chi connectivity index (χ4n) is 7.50. The van der Waals surface area contributed by atoms with Crippen LogP contribution in [0.4, 0.5) is 0 Å². The molecule has 3 nitrogen and oxygen atoms in total. The fourth-order valence-corrected chi connectivity index (χ4v) is 7.50. The highest BCUT2D eigenvalue weighted by Gasteiger charge is 2.34. The Morgan fingerprint density at radius 3 is 2.40 bits per heavy atom. The summed E-state index contributed by atoms with van der Waals surface area (Å²) < 4.78 is 15.1. The number of pyridine rings is 1. The summed E-state index contributed by atoms with van der Waals surface area (Å²) in [7, 11) is 2.19. The van der Waals surface area contributed by atoms with Crippen LogP contribution in [0.15, 0.2) is 54.7 Å². The zero-order valence-corrected chi connectivity index (χ0v) is 26.4. The molecule has 2 aliphatic rings. The molecule has 0 amide bonds. The Labute approximate surface area is 250 Å². The van der Waals surface area contributed by atoms with E-state index in [-0.39, 0.29) is 5.41 Å². The second-order valence-corrected chi connectivity index (χ2v) is 14.4. The molecule has 0 unspecified atom stereocenters. The van der Waals surface area contributed by atoms with Gasteiger partial charge in [0.15, 0.2) is 6.20 Å². The van der Waals surface area contributed by atoms with E-state index in [0.29, 0.717) is 11.8 Å². The van der Waals surface area contributed by atoms with Crippen molar-refractivity contribution in [1.82, 2.24) is 0 Å². The van der Waals surface area contributed by atoms with Gasteiger partial charge in [-0.05, 0) is 94.2 Å². The maximum atomic E-state index is 7.13. The van der Waals surface area contributed by atoms with Gasteiger partial charge in [0.1, 0.15) is 18.5 Å². The van der Waals surface area contributed by atoms with Crippen molar-refractivity contribution in [2.75, 3.05) is 13.2 Å². The number of fused-ring (bicyclic) bond motifs is 5. The summed E-state index contributed by atoms with van der Waals surface area (Å²) >= 11 is 0. The van der Waals surface area contributed by atoms with Gasteiger partial charge in [-0.1, -0.05) is 71.0 Å². The Morgan fingerprint density at radius 1 is 0.905 bits per heavy atom. The smallest absolute Gasteiger partial charge is 0.228 e. The van der Waals surface area contributed by atoms with E-state index in [2.05, 4.69) is 108 Å². The Morgan fingerprint density at radius 2 is 1.67 bits per heavy atom. The normalized spacial score (nSPS) is 15.5. The van der Waals surface area contributed by atoms with Crippen molar-refractivity contribution in [3.05, 3.63) is 77.0 Å². The van der Waals surface area contributed by atoms with E-state index in [9.17, 15) is 0 Å². The average molecular weight is 559 g/mol. The molecule has 216 valence electrons. The molecule has 0 spiro atoms. The second-order valence-electron chi connectivity index (χ2n) is 14.4. The number of ether oxygens (including phenoxy) is 2. The van der Waals surface area contributed by atoms with Crippen molar-refractivity contribution < 1.29 is 14.0 Å². The number of nitrogens with zero attached hydrogens (tertiary/aromatic N) is 1. The molecule has 0 atom stereocenters. The minimum Gasteiger partial charge on any atom is -0.455 e. The molecule has 0 N–H and O–H groups in total. The number of rotatable bonds is 4. The predicted octanol–water partition coefficient (Wildman–Crippen LogP) is 9.73. The van der Waals surface area contributed by atoms with Gasteiger partial charge >= 0.3 is 0 Å². The standard InChI is InChI=1S/C39H44NO2/c1-23(2)18-25-8-10-30-32(19-25)24(3)35-37-36-31(12-15-40(37)7)29-11-9-27(26-13-16-41-17-14-26)20-28(29)21-34(36)42-38(35)33(30)22-39(4,5)6/h8-12,15,19-21,23,26H,13-14,16-18,22H2,1-7H3/q+1. The minimum atomic E-state index is 0.117. The minimum absolute atomic E-state index is 0.117. The lowest BCUT2D eigenvalue weighted by Crippen LogP contribution is -2.32. The van der Waals surface area contributed by atoms with E-state index < -0.39 is 0 Å². The van der Waals surface area contributed by atoms with Gasteiger partial charge in [0.2, 0.25) is 5.69 Å². The van der Waals surface area contributed by atoms with Crippen LogP contribution >= 0.6 is 0 Å². The Hall–Kier alpha value is -3.43. The van der Waals surface area contributed by atoms with E-state index in [1.807, 2.05) is 0 Å². The summed E-state index contributed by atoms with van der Waals surface area (Å²) in [5, 5.41) is 7.74. The largest absolute Gasteiger partial charge is 0.455 e. The number of aromatic nitrogens is 1. The van der Waals surface area contributed by atoms with Crippen molar-refractivity contribution >= 4 is 32.3 Å². The molecule has 1 saturated heterocycles. The molecule has 3 heteroatoms. The molecule has 3 heterocycles. The third-order valence-electron chi connectivity index (χ3n) is 9.40. The van der Waals surface area contributed by atoms with Gasteiger partial charge in [-0.3, -0.25) is 0 Å². The maximum absolute atomic E-state index is 7.13. The molecule has 0 bridgehead atoms. The SMILES string of the molecule is Cc1c2c(c(CC(C)(C)C)c3ccc(CC(C)C)cc13)Oc1cc3cc(C4CCOCC4)ccc3c3cc[n+](C)c-2c13. The lowest BCUT2D eigenvalue weighted by atomic mass is 9.81. The van der Waals surface area contributed by atoms with E-state index in [4.69, 9.17) is 9.47 Å². The number of hydrogen-bond acceptors (Lipinski definition) is 2. The summed E-state index contributed by atoms with van der Waals surface area (Å²) in [6, 6.07) is 18.8. The molecule has 5 aromatic rings. The quantitative estimate of drug-likeness (QED) is 0.159. The first-order valence-electron chi connectivity index (χ1n) is 15.8. The van der Waals surface area contributed by atoms with Crippen molar-refractivity contribution in [1.29, 1.82) is 0 Å². The van der Waals surface area contributed by atoms with Gasteiger partial charge in [-0.15, -0.1) is 0 Å². The van der Waals surface area contributed by atoms with Gasteiger partial charge in [-0.25, -0.2) is 4.57 Å². The molecule has 0 radical (unpaired) electrons. The number of hydrogen-bond donors (Lipinski definition) is 0. The van der Waals surface area contributed by atoms with E-state index in [1.54, 1.807) is 0 Å². The van der Waals surface area contributed by atoms with Crippen LogP contribution in [0.3, 0.4) is 0 Å². The topological polar surface area (TPSA) is 22.3 Å². The first-order valence-corrected chi connectivity index (χ1v) is 15.8. The third kappa shape index (κ3) is 4.57. The van der Waals surface area contributed by atoms with Crippen molar-refractivity contribution in [2.24, 2.45) is 18.4 Å². The summed E-state index contributed by atoms with van der Waals surface area (Å²) in [4.78, 5) is 0. The summed E-state index contributed by atoms with van der Waals surface area (Å²) in [6.07, 6.45) is 6.47. The molecule has 2 aliphatic heterocycles. The maximum Gasteiger partial charge on any atom is 0.228 e. The van der Waals surface area contributed by atoms with E-state index in [1.165, 1.54) is 65.8 Å². The monoisotopic (exact) mass is 558 g/mol. The molecule has 0 saturated carbocycles. The van der Waals surface area contributed by atoms with Crippen LogP contribution in [0, 0.1) is 18.3 Å². The summed E-state index contributed by atoms with van der Waals surface area (Å²) in [5.41, 5.74) is 8.10. The lowest BCUT2D eigenvalue weighted by Gasteiger charge is -2.28. The van der Waals surface area contributed by atoms with Crippen molar-refractivity contribution in [3.63, 3.8) is 0 Å². The zero-order chi connectivity index (χ0) is 29.3. The van der Waals surface area contributed by atoms with Gasteiger partial charge in [-0.2, -0.15) is 0 Å². The van der Waals surface area contributed by atoms with Crippen LogP contribution in [0.5, 0.6) is 11.5 Å². The molecule has 7 rings (SSSR count). The van der Waals surface area contributed by atoms with E-state index >= 15 is 0 Å². The Balaban J connectivity index is 1.52. The van der Waals surface area contributed by atoms with Crippen LogP contribution in [-0.2, 0) is 24.6 Å². The first-order chi connectivity index (χ1) is 20.1. The van der Waals surface area contributed by atoms with Crippen LogP contribution in [0.1, 0.15) is 75.6 Å². The molecular weight excluding hydrogens is 514 g/mol. The molecule has 1 aromatic heterocycles. The highest BCUT2D eigenvalue weighted by molar-refractivity contribution is 6.16. The zero-order valence-electron chi connectivity index (χ0n) is 26.4. The summed E-state index contributed by atoms with van der Waals surface area (Å²) in [5.74, 6) is 3.21. The van der Waals surface area contributed by atoms with Crippen molar-refractivity contribution in [2.45, 2.75) is 73.1 Å². The Kier molecular flexibility index (Phi) is 6.58. The fraction of sp³-hybridized carbons (Fsp3) is 0.410. The molecule has 0 aliphatic carbocycles. The van der Waals surface area contributed by atoms with Gasteiger partial charge in [0, 0.05) is 30.2 Å². The van der Waals surface area contributed by atoms with Crippen LogP contribution < -0.4 is 9.30 Å². The lowest BCUT2D eigenvalue weighted by molar-refractivity contribution is -0.659. The first kappa shape index (κ1) is 27.4. The van der Waals surface area contributed by atoms with Crippen LogP contribution in [0.25, 0.3) is 43.6 Å². The van der Waals surface area contributed by atoms with Gasteiger partial charge < -0.3 is 9.47 Å². The number of benzene rings is 4. The van der Waals surface area contributed by atoms with Gasteiger partial charge in [0.05, 0.1) is 10.9 Å². The summed E-state index contributed by atoms with van der Waals surface area (Å²) in [6.45, 7) is 15.6. The molecule has 4 aromatic carbocycles. The Bertz CT molecular complexity index is 1870. The predicted molar refractivity (Wildman–Crippen MR) is 175 cm³/mol. The molecular formula is C39H44NO2+. The highest BCUT2D eigenvalue weighted by Crippen LogP contribution is 2.53. The van der Waals surface area contributed by atoms with Gasteiger partial charge in [0.25, 0.3) is 0 Å². The van der Waals surface area contributed by atoms with E-state index in [0.717, 1.165) is 50.4 Å². The van der Waals surface area contributed by atoms with Crippen LogP contribution in [-0.4, -0.2) is 13.2 Å². The third-order valence-corrected chi connectivity index (χ3v) is 9.40. The van der Waals surface area contributed by atoms with Crippen molar-refractivity contribution in [3.8, 4) is 22.8 Å². The second kappa shape index (κ2) is 10.1. The molecule has 42 heavy (non-hydrogen) atoms.